The van der Waals surface area contributed by atoms with Crippen molar-refractivity contribution in [3.63, 3.8) is 0 Å². The number of rotatable bonds is 7. The number of benzene rings is 1. The van der Waals surface area contributed by atoms with Crippen LogP contribution in [-0.2, 0) is 14.3 Å². The second kappa shape index (κ2) is 8.54. The van der Waals surface area contributed by atoms with Crippen LogP contribution in [0, 0.1) is 0 Å². The first-order valence-electron chi connectivity index (χ1n) is 7.88. The molecule has 0 bridgehead atoms. The molecule has 120 valence electrons. The summed E-state index contributed by atoms with van der Waals surface area (Å²) in [7, 11) is 0. The van der Waals surface area contributed by atoms with Crippen LogP contribution in [0.5, 0.6) is 0 Å². The van der Waals surface area contributed by atoms with Crippen LogP contribution in [0.1, 0.15) is 44.2 Å². The fraction of sp³-hybridized carbons (Fsp3) is 0.529. The molecule has 1 heterocycles. The summed E-state index contributed by atoms with van der Waals surface area (Å²) >= 11 is 0. The summed E-state index contributed by atoms with van der Waals surface area (Å²) in [6.07, 6.45) is 2.60. The van der Waals surface area contributed by atoms with Crippen LogP contribution >= 0.6 is 0 Å². The summed E-state index contributed by atoms with van der Waals surface area (Å²) in [5, 5.41) is 5.73. The van der Waals surface area contributed by atoms with Gasteiger partial charge in [0.05, 0.1) is 12.1 Å². The summed E-state index contributed by atoms with van der Waals surface area (Å²) in [6.45, 7) is 3.26. The average molecular weight is 304 g/mol. The van der Waals surface area contributed by atoms with E-state index in [0.29, 0.717) is 6.54 Å². The minimum Gasteiger partial charge on any atom is -0.376 e. The molecule has 0 radical (unpaired) electrons. The van der Waals surface area contributed by atoms with E-state index in [1.54, 1.807) is 0 Å². The first-order chi connectivity index (χ1) is 10.6. The Bertz CT molecular complexity index is 484. The minimum atomic E-state index is -0.108. The zero-order chi connectivity index (χ0) is 15.8. The van der Waals surface area contributed by atoms with Crippen molar-refractivity contribution >= 4 is 11.8 Å². The van der Waals surface area contributed by atoms with Gasteiger partial charge in [-0.2, -0.15) is 0 Å². The Labute approximate surface area is 131 Å². The van der Waals surface area contributed by atoms with Gasteiger partial charge in [-0.15, -0.1) is 0 Å². The lowest BCUT2D eigenvalue weighted by molar-refractivity contribution is -0.127. The van der Waals surface area contributed by atoms with E-state index in [2.05, 4.69) is 10.6 Å². The molecule has 0 aliphatic carbocycles. The molecule has 2 rings (SSSR count). The Morgan fingerprint density at radius 3 is 2.64 bits per heavy atom. The van der Waals surface area contributed by atoms with Crippen LogP contribution in [0.4, 0.5) is 0 Å². The maximum Gasteiger partial charge on any atom is 0.220 e. The van der Waals surface area contributed by atoms with Crippen LogP contribution in [0.2, 0.25) is 0 Å². The van der Waals surface area contributed by atoms with E-state index in [0.717, 1.165) is 25.0 Å². The molecule has 1 aliphatic rings. The Morgan fingerprint density at radius 2 is 1.95 bits per heavy atom. The second-order valence-corrected chi connectivity index (χ2v) is 5.64. The lowest BCUT2D eigenvalue weighted by Crippen LogP contribution is -2.33. The van der Waals surface area contributed by atoms with Crippen molar-refractivity contribution in [3.8, 4) is 0 Å². The molecule has 1 aliphatic heterocycles. The highest BCUT2D eigenvalue weighted by Crippen LogP contribution is 2.12. The van der Waals surface area contributed by atoms with Crippen molar-refractivity contribution < 1.29 is 14.3 Å². The molecule has 1 aromatic carbocycles. The van der Waals surface area contributed by atoms with Gasteiger partial charge < -0.3 is 15.4 Å². The van der Waals surface area contributed by atoms with Gasteiger partial charge in [0.1, 0.15) is 0 Å². The number of amides is 2. The first kappa shape index (κ1) is 16.5. The van der Waals surface area contributed by atoms with E-state index >= 15 is 0 Å². The Morgan fingerprint density at radius 1 is 1.23 bits per heavy atom. The van der Waals surface area contributed by atoms with E-state index in [9.17, 15) is 9.59 Å². The lowest BCUT2D eigenvalue weighted by Gasteiger charge is -2.14. The average Bonchev–Trinajstić information content (AvgIpc) is 3.05. The second-order valence-electron chi connectivity index (χ2n) is 5.64. The Hall–Kier alpha value is -1.88. The molecule has 1 saturated heterocycles. The van der Waals surface area contributed by atoms with Gasteiger partial charge in [0.2, 0.25) is 11.8 Å². The lowest BCUT2D eigenvalue weighted by atomic mass is 10.1. The van der Waals surface area contributed by atoms with Crippen molar-refractivity contribution in [2.75, 3.05) is 13.2 Å². The molecule has 2 N–H and O–H groups in total. The molecule has 2 unspecified atom stereocenters. The fourth-order valence-corrected chi connectivity index (χ4v) is 2.49. The first-order valence-corrected chi connectivity index (χ1v) is 7.88. The van der Waals surface area contributed by atoms with Crippen LogP contribution in [0.15, 0.2) is 30.3 Å². The van der Waals surface area contributed by atoms with Gasteiger partial charge in [-0.1, -0.05) is 30.3 Å². The van der Waals surface area contributed by atoms with Gasteiger partial charge in [0.25, 0.3) is 0 Å². The van der Waals surface area contributed by atoms with Gasteiger partial charge in [0, 0.05) is 26.0 Å². The largest absolute Gasteiger partial charge is 0.376 e. The van der Waals surface area contributed by atoms with Crippen molar-refractivity contribution in [1.82, 2.24) is 10.6 Å². The topological polar surface area (TPSA) is 67.4 Å². The highest BCUT2D eigenvalue weighted by Gasteiger charge is 2.16. The highest BCUT2D eigenvalue weighted by atomic mass is 16.5. The molecule has 2 amide bonds. The molecule has 5 nitrogen and oxygen atoms in total. The standard InChI is InChI=1S/C17H24N2O3/c1-13(14-6-3-2-4-7-14)19-17(21)10-9-16(20)18-12-15-8-5-11-22-15/h2-4,6-7,13,15H,5,8-12H2,1H3,(H,18,20)(H,19,21). The third kappa shape index (κ3) is 5.48. The smallest absolute Gasteiger partial charge is 0.220 e. The monoisotopic (exact) mass is 304 g/mol. The number of ether oxygens (including phenoxy) is 1. The quantitative estimate of drug-likeness (QED) is 0.809. The van der Waals surface area contributed by atoms with Gasteiger partial charge in [0.15, 0.2) is 0 Å². The molecule has 0 spiro atoms. The number of carbonyl (C=O) groups excluding carboxylic acids is 2. The number of nitrogens with one attached hydrogen (secondary N) is 2. The maximum absolute atomic E-state index is 11.9. The van der Waals surface area contributed by atoms with Gasteiger partial charge in [-0.25, -0.2) is 0 Å². The van der Waals surface area contributed by atoms with Crippen molar-refractivity contribution in [2.45, 2.75) is 44.8 Å². The third-order valence-electron chi connectivity index (χ3n) is 3.81. The molecule has 0 aromatic heterocycles. The molecular weight excluding hydrogens is 280 g/mol. The zero-order valence-electron chi connectivity index (χ0n) is 13.0. The number of hydrogen-bond acceptors (Lipinski definition) is 3. The van der Waals surface area contributed by atoms with Crippen LogP contribution in [0.3, 0.4) is 0 Å². The summed E-state index contributed by atoms with van der Waals surface area (Å²) in [6, 6.07) is 9.71. The van der Waals surface area contributed by atoms with Crippen LogP contribution < -0.4 is 10.6 Å². The maximum atomic E-state index is 11.9. The fourth-order valence-electron chi connectivity index (χ4n) is 2.49. The van der Waals surface area contributed by atoms with E-state index < -0.39 is 0 Å². The van der Waals surface area contributed by atoms with Crippen molar-refractivity contribution in [2.24, 2.45) is 0 Å². The van der Waals surface area contributed by atoms with Gasteiger partial charge in [-0.05, 0) is 25.3 Å². The normalized spacial score (nSPS) is 18.7. The molecule has 0 saturated carbocycles. The molecule has 2 atom stereocenters. The highest BCUT2D eigenvalue weighted by molar-refractivity contribution is 5.83. The SMILES string of the molecule is CC(NC(=O)CCC(=O)NCC1CCCO1)c1ccccc1. The zero-order valence-corrected chi connectivity index (χ0v) is 13.0. The minimum absolute atomic E-state index is 0.0522. The van der Waals surface area contributed by atoms with Gasteiger partial charge >= 0.3 is 0 Å². The molecule has 1 fully saturated rings. The Balaban J connectivity index is 1.63. The molecule has 5 heteroatoms. The van der Waals surface area contributed by atoms with E-state index in [1.807, 2.05) is 37.3 Å². The summed E-state index contributed by atoms with van der Waals surface area (Å²) in [4.78, 5) is 23.6. The summed E-state index contributed by atoms with van der Waals surface area (Å²) in [5.41, 5.74) is 1.05. The molecular formula is C17H24N2O3. The van der Waals surface area contributed by atoms with Crippen LogP contribution in [0.25, 0.3) is 0 Å². The molecule has 1 aromatic rings. The van der Waals surface area contributed by atoms with E-state index in [1.165, 1.54) is 0 Å². The summed E-state index contributed by atoms with van der Waals surface area (Å²) in [5.74, 6) is -0.207. The molecule has 22 heavy (non-hydrogen) atoms. The number of hydrogen-bond donors (Lipinski definition) is 2. The van der Waals surface area contributed by atoms with E-state index in [4.69, 9.17) is 4.74 Å². The predicted octanol–water partition coefficient (Wildman–Crippen LogP) is 1.94. The third-order valence-corrected chi connectivity index (χ3v) is 3.81. The summed E-state index contributed by atoms with van der Waals surface area (Å²) < 4.78 is 5.44. The predicted molar refractivity (Wildman–Crippen MR) is 84.2 cm³/mol. The van der Waals surface area contributed by atoms with Crippen LogP contribution in [-0.4, -0.2) is 31.1 Å². The van der Waals surface area contributed by atoms with Crippen molar-refractivity contribution in [1.29, 1.82) is 0 Å². The van der Waals surface area contributed by atoms with Gasteiger partial charge in [-0.3, -0.25) is 9.59 Å². The Kier molecular flexibility index (Phi) is 6.40. The van der Waals surface area contributed by atoms with E-state index in [-0.39, 0.29) is 36.8 Å². The van der Waals surface area contributed by atoms with Crippen molar-refractivity contribution in [3.05, 3.63) is 35.9 Å². The number of carbonyl (C=O) groups is 2.